The van der Waals surface area contributed by atoms with Crippen molar-refractivity contribution in [1.29, 1.82) is 0 Å². The molecule has 0 saturated heterocycles. The maximum atomic E-state index is 13.0. The molecule has 4 aliphatic carbocycles. The van der Waals surface area contributed by atoms with Crippen molar-refractivity contribution >= 4 is 17.5 Å². The second-order valence-electron chi connectivity index (χ2n) is 9.61. The van der Waals surface area contributed by atoms with Crippen molar-refractivity contribution in [2.75, 3.05) is 18.5 Å². The number of hydrogen-bond acceptors (Lipinski definition) is 3. The summed E-state index contributed by atoms with van der Waals surface area (Å²) in [5.74, 6) is 2.92. The Morgan fingerprint density at radius 1 is 1.10 bits per heavy atom. The number of carbonyl (C=O) groups excluding carboxylic acids is 2. The van der Waals surface area contributed by atoms with Gasteiger partial charge in [-0.2, -0.15) is 0 Å². The van der Waals surface area contributed by atoms with Crippen molar-refractivity contribution in [2.24, 2.45) is 23.2 Å². The Balaban J connectivity index is 1.28. The predicted octanol–water partition coefficient (Wildman–Crippen LogP) is 4.45. The van der Waals surface area contributed by atoms with Crippen LogP contribution in [0.15, 0.2) is 18.2 Å². The molecule has 1 aromatic rings. The zero-order valence-corrected chi connectivity index (χ0v) is 17.8. The number of nitrogens with one attached hydrogen (secondary N) is 2. The zero-order chi connectivity index (χ0) is 20.4. The minimum absolute atomic E-state index is 0.0365. The first-order valence-electron chi connectivity index (χ1n) is 11.3. The lowest BCUT2D eigenvalue weighted by atomic mass is 9.49. The second-order valence-corrected chi connectivity index (χ2v) is 9.61. The first-order valence-corrected chi connectivity index (χ1v) is 11.3. The fourth-order valence-electron chi connectivity index (χ4n) is 6.13. The summed E-state index contributed by atoms with van der Waals surface area (Å²) in [6.45, 7) is 4.83. The number of carbonyl (C=O) groups is 2. The lowest BCUT2D eigenvalue weighted by Crippen LogP contribution is -2.54. The van der Waals surface area contributed by atoms with Crippen LogP contribution in [-0.4, -0.2) is 25.0 Å². The van der Waals surface area contributed by atoms with E-state index in [4.69, 9.17) is 4.74 Å². The highest BCUT2D eigenvalue weighted by molar-refractivity contribution is 5.96. The Labute approximate surface area is 174 Å². The summed E-state index contributed by atoms with van der Waals surface area (Å²) in [5.41, 5.74) is 1.52. The summed E-state index contributed by atoms with van der Waals surface area (Å²) in [6.07, 6.45) is 9.11. The minimum atomic E-state index is -0.206. The molecule has 4 bridgehead atoms. The number of anilines is 1. The Morgan fingerprint density at radius 3 is 2.34 bits per heavy atom. The number of benzene rings is 1. The van der Waals surface area contributed by atoms with Gasteiger partial charge in [0.15, 0.2) is 0 Å². The first kappa shape index (κ1) is 20.2. The highest BCUT2D eigenvalue weighted by Crippen LogP contribution is 2.60. The van der Waals surface area contributed by atoms with Gasteiger partial charge in [-0.3, -0.25) is 9.59 Å². The van der Waals surface area contributed by atoms with Crippen LogP contribution in [0.25, 0.3) is 0 Å². The van der Waals surface area contributed by atoms with Gasteiger partial charge < -0.3 is 15.4 Å². The zero-order valence-electron chi connectivity index (χ0n) is 17.8. The summed E-state index contributed by atoms with van der Waals surface area (Å²) < 4.78 is 5.71. The van der Waals surface area contributed by atoms with E-state index in [0.717, 1.165) is 66.9 Å². The maximum absolute atomic E-state index is 13.0. The molecule has 0 heterocycles. The van der Waals surface area contributed by atoms with Crippen LogP contribution in [0.5, 0.6) is 5.75 Å². The lowest BCUT2D eigenvalue weighted by molar-refractivity contribution is -0.146. The quantitative estimate of drug-likeness (QED) is 0.636. The van der Waals surface area contributed by atoms with E-state index in [2.05, 4.69) is 17.6 Å². The van der Waals surface area contributed by atoms with Gasteiger partial charge in [-0.05, 0) is 93.4 Å². The molecule has 158 valence electrons. The highest BCUT2D eigenvalue weighted by Gasteiger charge is 2.54. The standard InChI is InChI=1S/C24H34N2O3/c1-3-4-7-29-20-5-6-21(16(2)8-20)26-22(27)15-25-23(28)24-12-17-9-18(13-24)11-19(10-17)14-24/h5-6,8,17-19H,3-4,7,9-15H2,1-2H3,(H,25,28)(H,26,27). The van der Waals surface area contributed by atoms with E-state index < -0.39 is 0 Å². The summed E-state index contributed by atoms with van der Waals surface area (Å²) >= 11 is 0. The van der Waals surface area contributed by atoms with Crippen molar-refractivity contribution in [3.05, 3.63) is 23.8 Å². The van der Waals surface area contributed by atoms with Gasteiger partial charge in [0.25, 0.3) is 0 Å². The molecule has 0 unspecified atom stereocenters. The van der Waals surface area contributed by atoms with E-state index in [9.17, 15) is 9.59 Å². The largest absolute Gasteiger partial charge is 0.494 e. The molecular formula is C24H34N2O3. The molecule has 5 heteroatoms. The Morgan fingerprint density at radius 2 is 1.76 bits per heavy atom. The number of rotatable bonds is 8. The van der Waals surface area contributed by atoms with Gasteiger partial charge in [0.2, 0.25) is 11.8 Å². The number of unbranched alkanes of at least 4 members (excludes halogenated alkanes) is 1. The van der Waals surface area contributed by atoms with Crippen LogP contribution in [-0.2, 0) is 9.59 Å². The number of ether oxygens (including phenoxy) is 1. The third-order valence-corrected chi connectivity index (χ3v) is 7.17. The Bertz CT molecular complexity index is 738. The van der Waals surface area contributed by atoms with Crippen LogP contribution >= 0.6 is 0 Å². The van der Waals surface area contributed by atoms with Gasteiger partial charge in [-0.15, -0.1) is 0 Å². The average Bonchev–Trinajstić information content (AvgIpc) is 2.67. The monoisotopic (exact) mass is 398 g/mol. The molecule has 4 fully saturated rings. The van der Waals surface area contributed by atoms with E-state index in [1.54, 1.807) is 0 Å². The molecule has 2 amide bonds. The van der Waals surface area contributed by atoms with Crippen molar-refractivity contribution in [3.63, 3.8) is 0 Å². The van der Waals surface area contributed by atoms with Crippen LogP contribution in [0.3, 0.4) is 0 Å². The van der Waals surface area contributed by atoms with Gasteiger partial charge in [0, 0.05) is 11.1 Å². The van der Waals surface area contributed by atoms with Gasteiger partial charge in [-0.25, -0.2) is 0 Å². The van der Waals surface area contributed by atoms with E-state index in [1.807, 2.05) is 25.1 Å². The molecule has 0 aromatic heterocycles. The van der Waals surface area contributed by atoms with E-state index >= 15 is 0 Å². The molecule has 0 aliphatic heterocycles. The van der Waals surface area contributed by atoms with Gasteiger partial charge >= 0.3 is 0 Å². The van der Waals surface area contributed by atoms with Crippen LogP contribution in [0.1, 0.15) is 63.9 Å². The molecular weight excluding hydrogens is 364 g/mol. The highest BCUT2D eigenvalue weighted by atomic mass is 16.5. The number of aryl methyl sites for hydroxylation is 1. The predicted molar refractivity (Wildman–Crippen MR) is 114 cm³/mol. The van der Waals surface area contributed by atoms with Crippen molar-refractivity contribution in [2.45, 2.75) is 65.2 Å². The van der Waals surface area contributed by atoms with Crippen LogP contribution < -0.4 is 15.4 Å². The fraction of sp³-hybridized carbons (Fsp3) is 0.667. The third-order valence-electron chi connectivity index (χ3n) is 7.17. The van der Waals surface area contributed by atoms with Crippen molar-refractivity contribution in [1.82, 2.24) is 5.32 Å². The first-order chi connectivity index (χ1) is 14.0. The molecule has 4 saturated carbocycles. The SMILES string of the molecule is CCCCOc1ccc(NC(=O)CNC(=O)C23CC4CC(CC(C4)C2)C3)c(C)c1. The fourth-order valence-corrected chi connectivity index (χ4v) is 6.13. The molecule has 5 rings (SSSR count). The van der Waals surface area contributed by atoms with Crippen molar-refractivity contribution in [3.8, 4) is 5.75 Å². The minimum Gasteiger partial charge on any atom is -0.494 e. The molecule has 0 radical (unpaired) electrons. The molecule has 0 spiro atoms. The topological polar surface area (TPSA) is 67.4 Å². The molecule has 0 atom stereocenters. The van der Waals surface area contributed by atoms with Crippen molar-refractivity contribution < 1.29 is 14.3 Å². The summed E-state index contributed by atoms with van der Waals surface area (Å²) in [4.78, 5) is 25.4. The molecule has 29 heavy (non-hydrogen) atoms. The summed E-state index contributed by atoms with van der Waals surface area (Å²) in [6, 6.07) is 5.70. The molecule has 4 aliphatic rings. The maximum Gasteiger partial charge on any atom is 0.243 e. The van der Waals surface area contributed by atoms with E-state index in [1.165, 1.54) is 19.3 Å². The van der Waals surface area contributed by atoms with Gasteiger partial charge in [-0.1, -0.05) is 13.3 Å². The van der Waals surface area contributed by atoms with Gasteiger partial charge in [0.1, 0.15) is 5.75 Å². The van der Waals surface area contributed by atoms with Gasteiger partial charge in [0.05, 0.1) is 13.2 Å². The number of hydrogen-bond donors (Lipinski definition) is 2. The molecule has 5 nitrogen and oxygen atoms in total. The average molecular weight is 399 g/mol. The second kappa shape index (κ2) is 8.37. The third kappa shape index (κ3) is 4.44. The smallest absolute Gasteiger partial charge is 0.243 e. The van der Waals surface area contributed by atoms with Crippen LogP contribution in [0, 0.1) is 30.1 Å². The Hall–Kier alpha value is -2.04. The number of amides is 2. The van der Waals surface area contributed by atoms with E-state index in [-0.39, 0.29) is 23.8 Å². The summed E-state index contributed by atoms with van der Waals surface area (Å²) in [5, 5.41) is 5.87. The molecule has 1 aromatic carbocycles. The summed E-state index contributed by atoms with van der Waals surface area (Å²) in [7, 11) is 0. The Kier molecular flexibility index (Phi) is 5.84. The van der Waals surface area contributed by atoms with Crippen LogP contribution in [0.4, 0.5) is 5.69 Å². The lowest BCUT2D eigenvalue weighted by Gasteiger charge is -2.55. The normalized spacial score (nSPS) is 29.5. The molecule has 2 N–H and O–H groups in total. The van der Waals surface area contributed by atoms with E-state index in [0.29, 0.717) is 6.61 Å². The van der Waals surface area contributed by atoms with Crippen LogP contribution in [0.2, 0.25) is 0 Å².